The summed E-state index contributed by atoms with van der Waals surface area (Å²) in [6.07, 6.45) is -0.388. The van der Waals surface area contributed by atoms with Crippen molar-refractivity contribution in [2.24, 2.45) is 0 Å². The normalized spacial score (nSPS) is 23.9. The predicted octanol–water partition coefficient (Wildman–Crippen LogP) is 3.09. The monoisotopic (exact) mass is 318 g/mol. The molecule has 1 heterocycles. The number of esters is 1. The molecule has 0 radical (unpaired) electrons. The van der Waals surface area contributed by atoms with Gasteiger partial charge in [-0.15, -0.1) is 0 Å². The highest BCUT2D eigenvalue weighted by Gasteiger charge is 2.45. The van der Waals surface area contributed by atoms with Gasteiger partial charge >= 0.3 is 5.97 Å². The summed E-state index contributed by atoms with van der Waals surface area (Å²) in [5.74, 6) is -0.914. The third-order valence-electron chi connectivity index (χ3n) is 4.29. The summed E-state index contributed by atoms with van der Waals surface area (Å²) in [5.41, 5.74) is 0. The van der Waals surface area contributed by atoms with Crippen LogP contribution in [0.25, 0.3) is 0 Å². The summed E-state index contributed by atoms with van der Waals surface area (Å²) in [4.78, 5) is 11.7. The van der Waals surface area contributed by atoms with Crippen molar-refractivity contribution in [2.45, 2.75) is 77.2 Å². The summed E-state index contributed by atoms with van der Waals surface area (Å²) in [5, 5.41) is 0.0658. The maximum absolute atomic E-state index is 11.7. The molecule has 0 aromatic carbocycles. The molecule has 21 heavy (non-hydrogen) atoms. The third kappa shape index (κ3) is 5.05. The van der Waals surface area contributed by atoms with Gasteiger partial charge in [0.2, 0.25) is 0 Å². The van der Waals surface area contributed by atoms with Crippen LogP contribution in [0.3, 0.4) is 0 Å². The van der Waals surface area contributed by atoms with E-state index in [2.05, 4.69) is 33.9 Å². The number of carbonyl (C=O) groups excluding carboxylic acids is 1. The van der Waals surface area contributed by atoms with Crippen LogP contribution in [0.15, 0.2) is 0 Å². The number of methoxy groups -OCH3 is 1. The molecule has 1 aliphatic rings. The Hall–Kier alpha value is -0.433. The van der Waals surface area contributed by atoms with Crippen LogP contribution in [0.2, 0.25) is 18.1 Å². The van der Waals surface area contributed by atoms with Gasteiger partial charge in [0.15, 0.2) is 14.1 Å². The Balaban J connectivity index is 2.86. The zero-order valence-electron chi connectivity index (χ0n) is 14.6. The SMILES string of the molecule is COC(=O)C[C@H](O[Si](C)(C)C(C)(C)C)[C@H]1COC(C)(C)O1. The highest BCUT2D eigenvalue weighted by atomic mass is 28.4. The number of carbonyl (C=O) groups is 1. The number of hydrogen-bond acceptors (Lipinski definition) is 5. The van der Waals surface area contributed by atoms with Crippen LogP contribution in [0.5, 0.6) is 0 Å². The van der Waals surface area contributed by atoms with Crippen LogP contribution in [0.1, 0.15) is 41.0 Å². The summed E-state index contributed by atoms with van der Waals surface area (Å²) in [6.45, 7) is 15.0. The molecule has 1 aliphatic heterocycles. The van der Waals surface area contributed by atoms with Gasteiger partial charge in [0.1, 0.15) is 6.10 Å². The minimum Gasteiger partial charge on any atom is -0.469 e. The van der Waals surface area contributed by atoms with Crippen LogP contribution in [-0.2, 0) is 23.4 Å². The van der Waals surface area contributed by atoms with Crippen molar-refractivity contribution in [2.75, 3.05) is 13.7 Å². The Kier molecular flexibility index (Phi) is 5.64. The molecule has 1 fully saturated rings. The lowest BCUT2D eigenvalue weighted by Crippen LogP contribution is -2.48. The average Bonchev–Trinajstić information content (AvgIpc) is 2.67. The lowest BCUT2D eigenvalue weighted by molar-refractivity contribution is -0.157. The zero-order valence-corrected chi connectivity index (χ0v) is 15.6. The second-order valence-corrected chi connectivity index (χ2v) is 12.3. The Morgan fingerprint density at radius 3 is 2.33 bits per heavy atom. The molecule has 2 atom stereocenters. The molecule has 0 N–H and O–H groups in total. The molecule has 6 heteroatoms. The van der Waals surface area contributed by atoms with Crippen molar-refractivity contribution in [3.05, 3.63) is 0 Å². The first kappa shape index (κ1) is 18.6. The van der Waals surface area contributed by atoms with E-state index in [9.17, 15) is 4.79 Å². The Bertz CT molecular complexity index is 373. The van der Waals surface area contributed by atoms with Gasteiger partial charge in [-0.2, -0.15) is 0 Å². The van der Waals surface area contributed by atoms with Crippen molar-refractivity contribution in [1.29, 1.82) is 0 Å². The topological polar surface area (TPSA) is 54.0 Å². The van der Waals surface area contributed by atoms with E-state index in [1.165, 1.54) is 7.11 Å². The number of rotatable bonds is 5. The predicted molar refractivity (Wildman–Crippen MR) is 83.6 cm³/mol. The lowest BCUT2D eigenvalue weighted by Gasteiger charge is -2.40. The van der Waals surface area contributed by atoms with E-state index in [-0.39, 0.29) is 29.6 Å². The summed E-state index contributed by atoms with van der Waals surface area (Å²) in [6, 6.07) is 0. The molecule has 0 aromatic heterocycles. The summed E-state index contributed by atoms with van der Waals surface area (Å²) >= 11 is 0. The fourth-order valence-electron chi connectivity index (χ4n) is 1.95. The fourth-order valence-corrected chi connectivity index (χ4v) is 3.30. The van der Waals surface area contributed by atoms with E-state index >= 15 is 0 Å². The van der Waals surface area contributed by atoms with E-state index in [0.29, 0.717) is 6.61 Å². The third-order valence-corrected chi connectivity index (χ3v) is 8.80. The van der Waals surface area contributed by atoms with Gasteiger partial charge < -0.3 is 18.6 Å². The van der Waals surface area contributed by atoms with Gasteiger partial charge in [0.25, 0.3) is 0 Å². The highest BCUT2D eigenvalue weighted by Crippen LogP contribution is 2.39. The molecule has 0 amide bonds. The Morgan fingerprint density at radius 1 is 1.38 bits per heavy atom. The first-order valence-electron chi connectivity index (χ1n) is 7.44. The van der Waals surface area contributed by atoms with Crippen molar-refractivity contribution in [1.82, 2.24) is 0 Å². The van der Waals surface area contributed by atoms with Crippen LogP contribution in [0, 0.1) is 0 Å². The molecule has 0 aliphatic carbocycles. The van der Waals surface area contributed by atoms with Crippen LogP contribution >= 0.6 is 0 Å². The van der Waals surface area contributed by atoms with Crippen molar-refractivity contribution in [3.63, 3.8) is 0 Å². The van der Waals surface area contributed by atoms with Crippen molar-refractivity contribution < 1.29 is 23.4 Å². The molecular weight excluding hydrogens is 288 g/mol. The fraction of sp³-hybridized carbons (Fsp3) is 0.933. The van der Waals surface area contributed by atoms with E-state index in [4.69, 9.17) is 18.6 Å². The van der Waals surface area contributed by atoms with Gasteiger partial charge in [-0.05, 0) is 32.0 Å². The molecule has 0 spiro atoms. The van der Waals surface area contributed by atoms with E-state index < -0.39 is 14.1 Å². The maximum Gasteiger partial charge on any atom is 0.308 e. The number of hydrogen-bond donors (Lipinski definition) is 0. The average molecular weight is 318 g/mol. The molecular formula is C15H30O5Si. The van der Waals surface area contributed by atoms with Gasteiger partial charge in [-0.1, -0.05) is 20.8 Å². The van der Waals surface area contributed by atoms with Crippen molar-refractivity contribution >= 4 is 14.3 Å². The molecule has 1 saturated heterocycles. The van der Waals surface area contributed by atoms with Gasteiger partial charge in [-0.25, -0.2) is 0 Å². The molecule has 0 saturated carbocycles. The van der Waals surface area contributed by atoms with Gasteiger partial charge in [0.05, 0.1) is 26.2 Å². The van der Waals surface area contributed by atoms with Gasteiger partial charge in [-0.3, -0.25) is 4.79 Å². The zero-order chi connectivity index (χ0) is 16.5. The molecule has 0 bridgehead atoms. The standard InChI is InChI=1S/C15H30O5Si/c1-14(2,3)21(7,8)20-11(9-13(16)17-6)12-10-18-15(4,5)19-12/h11-12H,9-10H2,1-8H3/t11-,12+/m0/s1. The van der Waals surface area contributed by atoms with Crippen LogP contribution in [-0.4, -0.2) is 46.0 Å². The van der Waals surface area contributed by atoms with E-state index in [1.807, 2.05) is 13.8 Å². The minimum atomic E-state index is -2.00. The number of ether oxygens (including phenoxy) is 3. The lowest BCUT2D eigenvalue weighted by atomic mass is 10.1. The molecule has 124 valence electrons. The van der Waals surface area contributed by atoms with Gasteiger partial charge in [0, 0.05) is 0 Å². The quantitative estimate of drug-likeness (QED) is 0.576. The Morgan fingerprint density at radius 2 is 1.95 bits per heavy atom. The highest BCUT2D eigenvalue weighted by molar-refractivity contribution is 6.74. The second kappa shape index (κ2) is 6.36. The molecule has 0 aromatic rings. The van der Waals surface area contributed by atoms with E-state index in [1.54, 1.807) is 0 Å². The first-order valence-corrected chi connectivity index (χ1v) is 10.4. The summed E-state index contributed by atoms with van der Waals surface area (Å²) in [7, 11) is -0.614. The van der Waals surface area contributed by atoms with Crippen LogP contribution in [0.4, 0.5) is 0 Å². The molecule has 5 nitrogen and oxygen atoms in total. The minimum absolute atomic E-state index is 0.0658. The molecule has 1 rings (SSSR count). The first-order chi connectivity index (χ1) is 9.38. The Labute approximate surface area is 129 Å². The van der Waals surface area contributed by atoms with Crippen LogP contribution < -0.4 is 0 Å². The molecule has 0 unspecified atom stereocenters. The smallest absolute Gasteiger partial charge is 0.308 e. The second-order valence-electron chi connectivity index (χ2n) is 7.56. The maximum atomic E-state index is 11.7. The summed E-state index contributed by atoms with van der Waals surface area (Å²) < 4.78 is 22.7. The van der Waals surface area contributed by atoms with Crippen molar-refractivity contribution in [3.8, 4) is 0 Å². The van der Waals surface area contributed by atoms with E-state index in [0.717, 1.165) is 0 Å². The largest absolute Gasteiger partial charge is 0.469 e.